The normalized spacial score (nSPS) is 16.4. The van der Waals surface area contributed by atoms with Crippen LogP contribution in [0.3, 0.4) is 0 Å². The number of hydrogen-bond donors (Lipinski definition) is 1. The van der Waals surface area contributed by atoms with E-state index in [1.165, 1.54) is 14.2 Å². The summed E-state index contributed by atoms with van der Waals surface area (Å²) in [6, 6.07) is 10.1. The molecule has 0 radical (unpaired) electrons. The molecule has 0 spiro atoms. The van der Waals surface area contributed by atoms with E-state index in [0.717, 1.165) is 0 Å². The highest BCUT2D eigenvalue weighted by molar-refractivity contribution is 6.32. The number of halogens is 2. The van der Waals surface area contributed by atoms with Crippen LogP contribution in [-0.2, 0) is 9.59 Å². The van der Waals surface area contributed by atoms with E-state index in [-0.39, 0.29) is 18.2 Å². The maximum Gasteiger partial charge on any atom is 0.229 e. The molecule has 1 aliphatic rings. The SMILES string of the molecule is COc1cc(NC(=O)C2CC(=O)N(c3ccc(Cl)cc3)C2)c(OC)cc1Cl. The number of hydrogen-bond acceptors (Lipinski definition) is 4. The number of nitrogens with zero attached hydrogens (tertiary/aromatic N) is 1. The first-order chi connectivity index (χ1) is 12.9. The minimum absolute atomic E-state index is 0.113. The summed E-state index contributed by atoms with van der Waals surface area (Å²) < 4.78 is 10.4. The van der Waals surface area contributed by atoms with Gasteiger partial charge in [0.1, 0.15) is 11.5 Å². The van der Waals surface area contributed by atoms with Gasteiger partial charge in [-0.1, -0.05) is 23.2 Å². The Bertz CT molecular complexity index is 871. The van der Waals surface area contributed by atoms with Crippen molar-refractivity contribution in [3.63, 3.8) is 0 Å². The molecule has 142 valence electrons. The largest absolute Gasteiger partial charge is 0.495 e. The Kier molecular flexibility index (Phi) is 5.77. The molecule has 2 aromatic rings. The zero-order valence-corrected chi connectivity index (χ0v) is 16.3. The second kappa shape index (κ2) is 8.06. The lowest BCUT2D eigenvalue weighted by Gasteiger charge is -2.17. The molecule has 27 heavy (non-hydrogen) atoms. The summed E-state index contributed by atoms with van der Waals surface area (Å²) in [5.74, 6) is -0.0498. The molecule has 2 aromatic carbocycles. The van der Waals surface area contributed by atoms with Gasteiger partial charge in [0, 0.05) is 35.8 Å². The average Bonchev–Trinajstić information content (AvgIpc) is 3.05. The summed E-state index contributed by atoms with van der Waals surface area (Å²) in [5.41, 5.74) is 1.14. The topological polar surface area (TPSA) is 67.9 Å². The number of carbonyl (C=O) groups is 2. The molecular formula is C19H18Cl2N2O4. The summed E-state index contributed by atoms with van der Waals surface area (Å²) in [6.07, 6.45) is 0.126. The van der Waals surface area contributed by atoms with Crippen LogP contribution in [0.1, 0.15) is 6.42 Å². The summed E-state index contributed by atoms with van der Waals surface area (Å²) in [5, 5.41) is 3.76. The van der Waals surface area contributed by atoms with Crippen LogP contribution >= 0.6 is 23.2 Å². The Morgan fingerprint density at radius 2 is 1.78 bits per heavy atom. The number of methoxy groups -OCH3 is 2. The Morgan fingerprint density at radius 3 is 2.41 bits per heavy atom. The van der Waals surface area contributed by atoms with Gasteiger partial charge in [0.15, 0.2) is 0 Å². The van der Waals surface area contributed by atoms with Gasteiger partial charge in [-0.2, -0.15) is 0 Å². The van der Waals surface area contributed by atoms with Crippen molar-refractivity contribution >= 4 is 46.4 Å². The van der Waals surface area contributed by atoms with Gasteiger partial charge in [-0.25, -0.2) is 0 Å². The first kappa shape index (κ1) is 19.3. The molecular weight excluding hydrogens is 391 g/mol. The lowest BCUT2D eigenvalue weighted by Crippen LogP contribution is -2.28. The van der Waals surface area contributed by atoms with Gasteiger partial charge in [0.05, 0.1) is 30.8 Å². The van der Waals surface area contributed by atoms with E-state index in [1.807, 2.05) is 0 Å². The first-order valence-electron chi connectivity index (χ1n) is 8.21. The minimum Gasteiger partial charge on any atom is -0.495 e. The maximum absolute atomic E-state index is 12.7. The summed E-state index contributed by atoms with van der Waals surface area (Å²) in [4.78, 5) is 26.6. The van der Waals surface area contributed by atoms with Gasteiger partial charge < -0.3 is 19.7 Å². The highest BCUT2D eigenvalue weighted by Gasteiger charge is 2.35. The van der Waals surface area contributed by atoms with Crippen LogP contribution in [0.15, 0.2) is 36.4 Å². The van der Waals surface area contributed by atoms with E-state index in [4.69, 9.17) is 32.7 Å². The molecule has 1 aliphatic heterocycles. The Labute approximate surface area is 167 Å². The molecule has 0 aliphatic carbocycles. The highest BCUT2D eigenvalue weighted by Crippen LogP contribution is 2.36. The van der Waals surface area contributed by atoms with E-state index in [2.05, 4.69) is 5.32 Å². The Morgan fingerprint density at radius 1 is 1.11 bits per heavy atom. The van der Waals surface area contributed by atoms with Crippen molar-refractivity contribution in [3.05, 3.63) is 46.4 Å². The van der Waals surface area contributed by atoms with E-state index in [1.54, 1.807) is 41.3 Å². The van der Waals surface area contributed by atoms with E-state index >= 15 is 0 Å². The highest BCUT2D eigenvalue weighted by atomic mass is 35.5. The van der Waals surface area contributed by atoms with Crippen LogP contribution in [0.2, 0.25) is 10.0 Å². The smallest absolute Gasteiger partial charge is 0.229 e. The van der Waals surface area contributed by atoms with E-state index < -0.39 is 5.92 Å². The summed E-state index contributed by atoms with van der Waals surface area (Å²) in [7, 11) is 2.97. The van der Waals surface area contributed by atoms with Gasteiger partial charge in [-0.3, -0.25) is 9.59 Å². The van der Waals surface area contributed by atoms with Crippen LogP contribution in [0.25, 0.3) is 0 Å². The number of ether oxygens (including phenoxy) is 2. The maximum atomic E-state index is 12.7. The van der Waals surface area contributed by atoms with Crippen molar-refractivity contribution in [2.24, 2.45) is 5.92 Å². The van der Waals surface area contributed by atoms with Crippen LogP contribution < -0.4 is 19.7 Å². The average molecular weight is 409 g/mol. The lowest BCUT2D eigenvalue weighted by atomic mass is 10.1. The van der Waals surface area contributed by atoms with Gasteiger partial charge in [0.25, 0.3) is 0 Å². The third-order valence-corrected chi connectivity index (χ3v) is 4.91. The monoisotopic (exact) mass is 408 g/mol. The van der Waals surface area contributed by atoms with Crippen LogP contribution in [-0.4, -0.2) is 32.6 Å². The minimum atomic E-state index is -0.487. The molecule has 1 fully saturated rings. The van der Waals surface area contributed by atoms with Gasteiger partial charge >= 0.3 is 0 Å². The predicted molar refractivity (Wildman–Crippen MR) is 105 cm³/mol. The number of rotatable bonds is 5. The van der Waals surface area contributed by atoms with Crippen molar-refractivity contribution in [1.29, 1.82) is 0 Å². The number of benzene rings is 2. The third-order valence-electron chi connectivity index (χ3n) is 4.37. The molecule has 0 saturated carbocycles. The molecule has 0 aromatic heterocycles. The molecule has 1 saturated heterocycles. The van der Waals surface area contributed by atoms with Crippen LogP contribution in [0, 0.1) is 5.92 Å². The van der Waals surface area contributed by atoms with E-state index in [9.17, 15) is 9.59 Å². The third kappa shape index (κ3) is 4.12. The zero-order valence-electron chi connectivity index (χ0n) is 14.8. The number of nitrogens with one attached hydrogen (secondary N) is 1. The number of anilines is 2. The van der Waals surface area contributed by atoms with Gasteiger partial charge in [0.2, 0.25) is 11.8 Å². The molecule has 1 atom stereocenters. The molecule has 8 heteroatoms. The molecule has 6 nitrogen and oxygen atoms in total. The number of amides is 2. The molecule has 1 heterocycles. The first-order valence-corrected chi connectivity index (χ1v) is 8.97. The lowest BCUT2D eigenvalue weighted by molar-refractivity contribution is -0.122. The fourth-order valence-electron chi connectivity index (χ4n) is 2.95. The summed E-state index contributed by atoms with van der Waals surface area (Å²) >= 11 is 12.0. The standard InChI is InChI=1S/C19H18Cl2N2O4/c1-26-16-9-15(17(27-2)8-14(16)21)22-19(25)11-7-18(24)23(10-11)13-5-3-12(20)4-6-13/h3-6,8-9,11H,7,10H2,1-2H3,(H,22,25). The van der Waals surface area contributed by atoms with Crippen molar-refractivity contribution < 1.29 is 19.1 Å². The van der Waals surface area contributed by atoms with Crippen molar-refractivity contribution in [1.82, 2.24) is 0 Å². The predicted octanol–water partition coefficient (Wildman–Crippen LogP) is 4.00. The molecule has 1 N–H and O–H groups in total. The Hall–Kier alpha value is -2.44. The quantitative estimate of drug-likeness (QED) is 0.811. The molecule has 1 unspecified atom stereocenters. The summed E-state index contributed by atoms with van der Waals surface area (Å²) in [6.45, 7) is 0.291. The molecule has 3 rings (SSSR count). The van der Waals surface area contributed by atoms with Gasteiger partial charge in [-0.05, 0) is 24.3 Å². The fraction of sp³-hybridized carbons (Fsp3) is 0.263. The van der Waals surface area contributed by atoms with Crippen molar-refractivity contribution in [3.8, 4) is 11.5 Å². The second-order valence-corrected chi connectivity index (χ2v) is 6.90. The van der Waals surface area contributed by atoms with Crippen LogP contribution in [0.4, 0.5) is 11.4 Å². The van der Waals surface area contributed by atoms with E-state index in [0.29, 0.717) is 39.5 Å². The number of carbonyl (C=O) groups excluding carboxylic acids is 2. The Balaban J connectivity index is 1.76. The van der Waals surface area contributed by atoms with Crippen molar-refractivity contribution in [2.45, 2.75) is 6.42 Å². The second-order valence-electron chi connectivity index (χ2n) is 6.06. The molecule has 0 bridgehead atoms. The molecule has 2 amide bonds. The zero-order chi connectivity index (χ0) is 19.6. The fourth-order valence-corrected chi connectivity index (χ4v) is 3.30. The van der Waals surface area contributed by atoms with Crippen molar-refractivity contribution in [2.75, 3.05) is 31.0 Å². The van der Waals surface area contributed by atoms with Gasteiger partial charge in [-0.15, -0.1) is 0 Å². The van der Waals surface area contributed by atoms with Crippen LogP contribution in [0.5, 0.6) is 11.5 Å².